The first-order chi connectivity index (χ1) is 9.57. The van der Waals surface area contributed by atoms with E-state index < -0.39 is 10.3 Å². The lowest BCUT2D eigenvalue weighted by atomic mass is 9.74. The van der Waals surface area contributed by atoms with Crippen LogP contribution in [0.1, 0.15) is 32.1 Å². The Morgan fingerprint density at radius 2 is 2.05 bits per heavy atom. The van der Waals surface area contributed by atoms with Crippen molar-refractivity contribution in [3.05, 3.63) is 34.4 Å². The summed E-state index contributed by atoms with van der Waals surface area (Å²) in [7, 11) is 0. The summed E-state index contributed by atoms with van der Waals surface area (Å²) in [6, 6.07) is 7.87. The molecular formula is C14H15N3O3. The number of hydrogen-bond acceptors (Lipinski definition) is 4. The summed E-state index contributed by atoms with van der Waals surface area (Å²) in [5.41, 5.74) is -0.732. The highest BCUT2D eigenvalue weighted by molar-refractivity contribution is 5.97. The molecule has 0 saturated heterocycles. The number of rotatable bonds is 3. The number of benzene rings is 1. The van der Waals surface area contributed by atoms with E-state index in [9.17, 15) is 20.2 Å². The fourth-order valence-electron chi connectivity index (χ4n) is 2.49. The van der Waals surface area contributed by atoms with Crippen LogP contribution in [-0.2, 0) is 4.79 Å². The van der Waals surface area contributed by atoms with Crippen LogP contribution in [-0.4, -0.2) is 10.8 Å². The van der Waals surface area contributed by atoms with E-state index in [-0.39, 0.29) is 11.6 Å². The van der Waals surface area contributed by atoms with Crippen LogP contribution in [0.15, 0.2) is 24.3 Å². The van der Waals surface area contributed by atoms with Gasteiger partial charge in [-0.05, 0) is 18.9 Å². The Morgan fingerprint density at radius 3 is 2.65 bits per heavy atom. The van der Waals surface area contributed by atoms with Crippen molar-refractivity contribution in [2.45, 2.75) is 32.1 Å². The first-order valence-electron chi connectivity index (χ1n) is 6.54. The van der Waals surface area contributed by atoms with E-state index in [1.54, 1.807) is 6.07 Å². The number of amides is 1. The van der Waals surface area contributed by atoms with E-state index in [2.05, 4.69) is 11.4 Å². The van der Waals surface area contributed by atoms with Crippen LogP contribution in [0.25, 0.3) is 0 Å². The van der Waals surface area contributed by atoms with Crippen LogP contribution in [0.5, 0.6) is 0 Å². The van der Waals surface area contributed by atoms with Gasteiger partial charge >= 0.3 is 0 Å². The number of nitrogens with one attached hydrogen (secondary N) is 1. The Hall–Kier alpha value is -2.42. The summed E-state index contributed by atoms with van der Waals surface area (Å²) in [4.78, 5) is 22.5. The van der Waals surface area contributed by atoms with Gasteiger partial charge in [0.2, 0.25) is 5.91 Å². The lowest BCUT2D eigenvalue weighted by Crippen LogP contribution is -2.36. The number of nitrogens with zero attached hydrogens (tertiary/aromatic N) is 2. The zero-order valence-electron chi connectivity index (χ0n) is 11.0. The summed E-state index contributed by atoms with van der Waals surface area (Å²) in [5.74, 6) is -0.361. The molecule has 20 heavy (non-hydrogen) atoms. The minimum Gasteiger partial charge on any atom is -0.324 e. The molecule has 2 rings (SSSR count). The molecule has 0 radical (unpaired) electrons. The molecule has 6 nitrogen and oxygen atoms in total. The average Bonchev–Trinajstić information content (AvgIpc) is 2.48. The van der Waals surface area contributed by atoms with Gasteiger partial charge in [0.15, 0.2) is 0 Å². The van der Waals surface area contributed by atoms with Crippen molar-refractivity contribution in [1.29, 1.82) is 5.26 Å². The van der Waals surface area contributed by atoms with Gasteiger partial charge in [0.05, 0.1) is 11.0 Å². The van der Waals surface area contributed by atoms with E-state index in [0.29, 0.717) is 18.5 Å². The van der Waals surface area contributed by atoms with Crippen LogP contribution in [0.2, 0.25) is 0 Å². The summed E-state index contributed by atoms with van der Waals surface area (Å²) >= 11 is 0. The summed E-state index contributed by atoms with van der Waals surface area (Å²) in [6.45, 7) is 0. The molecule has 0 atom stereocenters. The Morgan fingerprint density at radius 1 is 1.35 bits per heavy atom. The first kappa shape index (κ1) is 14.0. The number of carbonyl (C=O) groups is 1. The number of nitriles is 1. The molecule has 1 N–H and O–H groups in total. The number of hydrogen-bond donors (Lipinski definition) is 1. The highest BCUT2D eigenvalue weighted by atomic mass is 16.6. The molecule has 1 amide bonds. The number of carbonyl (C=O) groups excluding carboxylic acids is 1. The standard InChI is InChI=1S/C14H15N3O3/c15-10-14(7-2-1-3-8-14)13(18)16-11-5-4-6-12(9-11)17(19)20/h4-6,9H,1-3,7-8H2,(H,16,18). The van der Waals surface area contributed by atoms with Crippen LogP contribution >= 0.6 is 0 Å². The fourth-order valence-corrected chi connectivity index (χ4v) is 2.49. The average molecular weight is 273 g/mol. The predicted octanol–water partition coefficient (Wildman–Crippen LogP) is 3.01. The van der Waals surface area contributed by atoms with E-state index in [1.165, 1.54) is 18.2 Å². The Labute approximate surface area is 116 Å². The zero-order valence-corrected chi connectivity index (χ0v) is 11.0. The molecule has 1 fully saturated rings. The molecule has 0 unspecified atom stereocenters. The van der Waals surface area contributed by atoms with Gasteiger partial charge in [0, 0.05) is 17.8 Å². The third-order valence-electron chi connectivity index (χ3n) is 3.67. The maximum Gasteiger partial charge on any atom is 0.271 e. The predicted molar refractivity (Wildman–Crippen MR) is 72.9 cm³/mol. The second kappa shape index (κ2) is 5.70. The molecule has 0 bridgehead atoms. The molecule has 6 heteroatoms. The van der Waals surface area contributed by atoms with Crippen molar-refractivity contribution in [1.82, 2.24) is 0 Å². The largest absolute Gasteiger partial charge is 0.324 e. The molecule has 1 aromatic carbocycles. The van der Waals surface area contributed by atoms with E-state index >= 15 is 0 Å². The molecule has 1 aliphatic carbocycles. The monoisotopic (exact) mass is 273 g/mol. The quantitative estimate of drug-likeness (QED) is 0.676. The molecule has 0 heterocycles. The van der Waals surface area contributed by atoms with Crippen molar-refractivity contribution < 1.29 is 9.72 Å². The van der Waals surface area contributed by atoms with Crippen LogP contribution in [0, 0.1) is 26.9 Å². The molecule has 0 aliphatic heterocycles. The Kier molecular flexibility index (Phi) is 3.99. The minimum absolute atomic E-state index is 0.0857. The maximum atomic E-state index is 12.3. The van der Waals surface area contributed by atoms with Crippen molar-refractivity contribution in [2.75, 3.05) is 5.32 Å². The second-order valence-corrected chi connectivity index (χ2v) is 5.02. The Bertz CT molecular complexity index is 571. The minimum atomic E-state index is -0.997. The summed E-state index contributed by atoms with van der Waals surface area (Å²) in [5, 5.41) is 22.6. The zero-order chi connectivity index (χ0) is 14.6. The summed E-state index contributed by atoms with van der Waals surface area (Å²) in [6.07, 6.45) is 3.84. The van der Waals surface area contributed by atoms with Crippen molar-refractivity contribution in [2.24, 2.45) is 5.41 Å². The molecule has 1 aliphatic rings. The van der Waals surface area contributed by atoms with Crippen molar-refractivity contribution >= 4 is 17.3 Å². The van der Waals surface area contributed by atoms with Gasteiger partial charge in [-0.2, -0.15) is 5.26 Å². The first-order valence-corrected chi connectivity index (χ1v) is 6.54. The molecular weight excluding hydrogens is 258 g/mol. The van der Waals surface area contributed by atoms with Gasteiger partial charge in [-0.3, -0.25) is 14.9 Å². The fraction of sp³-hybridized carbons (Fsp3) is 0.429. The van der Waals surface area contributed by atoms with Crippen LogP contribution < -0.4 is 5.32 Å². The lowest BCUT2D eigenvalue weighted by molar-refractivity contribution is -0.384. The smallest absolute Gasteiger partial charge is 0.271 e. The Balaban J connectivity index is 2.16. The van der Waals surface area contributed by atoms with Crippen LogP contribution in [0.4, 0.5) is 11.4 Å². The van der Waals surface area contributed by atoms with Gasteiger partial charge in [-0.15, -0.1) is 0 Å². The molecule has 1 saturated carbocycles. The van der Waals surface area contributed by atoms with Gasteiger partial charge in [-0.25, -0.2) is 0 Å². The van der Waals surface area contributed by atoms with Crippen LogP contribution in [0.3, 0.4) is 0 Å². The normalized spacial score (nSPS) is 16.9. The lowest BCUT2D eigenvalue weighted by Gasteiger charge is -2.29. The molecule has 0 aromatic heterocycles. The van der Waals surface area contributed by atoms with Crippen molar-refractivity contribution in [3.8, 4) is 6.07 Å². The van der Waals surface area contributed by atoms with Gasteiger partial charge < -0.3 is 5.32 Å². The molecule has 104 valence electrons. The van der Waals surface area contributed by atoms with Gasteiger partial charge in [0.1, 0.15) is 5.41 Å². The number of nitro benzene ring substituents is 1. The molecule has 1 aromatic rings. The second-order valence-electron chi connectivity index (χ2n) is 5.02. The topological polar surface area (TPSA) is 96.0 Å². The van der Waals surface area contributed by atoms with E-state index in [1.807, 2.05) is 0 Å². The van der Waals surface area contributed by atoms with Gasteiger partial charge in [0.25, 0.3) is 5.69 Å². The third kappa shape index (κ3) is 2.77. The third-order valence-corrected chi connectivity index (χ3v) is 3.67. The maximum absolute atomic E-state index is 12.3. The van der Waals surface area contributed by atoms with Crippen molar-refractivity contribution in [3.63, 3.8) is 0 Å². The molecule has 0 spiro atoms. The SMILES string of the molecule is N#CC1(C(=O)Nc2cccc([N+](=O)[O-])c2)CCCCC1. The van der Waals surface area contributed by atoms with Gasteiger partial charge in [-0.1, -0.05) is 25.3 Å². The van der Waals surface area contributed by atoms with E-state index in [4.69, 9.17) is 0 Å². The number of nitro groups is 1. The number of anilines is 1. The highest BCUT2D eigenvalue weighted by Crippen LogP contribution is 2.36. The highest BCUT2D eigenvalue weighted by Gasteiger charge is 2.39. The van der Waals surface area contributed by atoms with E-state index in [0.717, 1.165) is 19.3 Å². The summed E-state index contributed by atoms with van der Waals surface area (Å²) < 4.78 is 0. The number of non-ortho nitro benzene ring substituents is 1.